The van der Waals surface area contributed by atoms with Crippen LogP contribution in [0.4, 0.5) is 0 Å². The molecule has 12 heteroatoms. The van der Waals surface area contributed by atoms with Crippen LogP contribution in [-0.4, -0.2) is 93.5 Å². The van der Waals surface area contributed by atoms with E-state index in [1.165, 1.54) is 0 Å². The molecular formula is C28H44N4O8. The van der Waals surface area contributed by atoms with E-state index >= 15 is 0 Å². The molecule has 0 bridgehead atoms. The van der Waals surface area contributed by atoms with Gasteiger partial charge in [-0.15, -0.1) is 0 Å². The number of amides is 1. The number of aromatic amines is 1. The zero-order valence-corrected chi connectivity index (χ0v) is 23.9. The molecule has 8 N–H and O–H groups in total. The number of aliphatic hydroxyl groups is 4. The predicted molar refractivity (Wildman–Crippen MR) is 146 cm³/mol. The molecule has 1 aliphatic heterocycles. The second kappa shape index (κ2) is 13.4. The fraction of sp³-hybridized carbons (Fsp3) is 0.643. The molecule has 224 valence electrons. The minimum Gasteiger partial charge on any atom is -0.494 e. The highest BCUT2D eigenvalue weighted by atomic mass is 16.7. The summed E-state index contributed by atoms with van der Waals surface area (Å²) in [6, 6.07) is 5.90. The van der Waals surface area contributed by atoms with Gasteiger partial charge in [0.1, 0.15) is 35.8 Å². The van der Waals surface area contributed by atoms with Crippen LogP contribution in [-0.2, 0) is 26.3 Å². The van der Waals surface area contributed by atoms with Crippen molar-refractivity contribution in [2.75, 3.05) is 26.3 Å². The number of nitrogens with zero attached hydrogens (tertiary/aromatic N) is 1. The summed E-state index contributed by atoms with van der Waals surface area (Å²) in [4.78, 5) is 11.4. The van der Waals surface area contributed by atoms with Gasteiger partial charge in [0.05, 0.1) is 30.5 Å². The number of H-pyrrole nitrogens is 1. The van der Waals surface area contributed by atoms with E-state index in [9.17, 15) is 25.2 Å². The van der Waals surface area contributed by atoms with Crippen LogP contribution in [0.2, 0.25) is 0 Å². The van der Waals surface area contributed by atoms with Crippen LogP contribution in [0.25, 0.3) is 0 Å². The van der Waals surface area contributed by atoms with Crippen LogP contribution in [0.3, 0.4) is 0 Å². The number of nitrogens with one attached hydrogen (secondary N) is 2. The van der Waals surface area contributed by atoms with Crippen molar-refractivity contribution in [1.29, 1.82) is 0 Å². The molecular weight excluding hydrogens is 520 g/mol. The third kappa shape index (κ3) is 7.78. The molecule has 0 saturated carbocycles. The Hall–Kier alpha value is -2.58. The highest BCUT2D eigenvalue weighted by Crippen LogP contribution is 2.33. The molecule has 12 nitrogen and oxygen atoms in total. The lowest BCUT2D eigenvalue weighted by atomic mass is 9.93. The van der Waals surface area contributed by atoms with Gasteiger partial charge in [-0.3, -0.25) is 9.89 Å². The van der Waals surface area contributed by atoms with Gasteiger partial charge in [0.2, 0.25) is 5.91 Å². The molecule has 3 rings (SSSR count). The van der Waals surface area contributed by atoms with E-state index in [0.717, 1.165) is 28.9 Å². The number of benzene rings is 1. The number of carbonyl (C=O) groups excluding carboxylic acids is 1. The topological polar surface area (TPSA) is 192 Å². The van der Waals surface area contributed by atoms with Gasteiger partial charge in [0.25, 0.3) is 0 Å². The molecule has 5 atom stereocenters. The summed E-state index contributed by atoms with van der Waals surface area (Å²) in [7, 11) is 0. The molecule has 2 aromatic rings. The third-order valence-corrected chi connectivity index (χ3v) is 7.27. The summed E-state index contributed by atoms with van der Waals surface area (Å²) in [6.45, 7) is 10.4. The first-order valence-electron chi connectivity index (χ1n) is 13.5. The number of aryl methyl sites for hydroxylation is 1. The Labute approximate surface area is 234 Å². The van der Waals surface area contributed by atoms with Crippen molar-refractivity contribution in [2.45, 2.75) is 83.8 Å². The van der Waals surface area contributed by atoms with E-state index in [0.29, 0.717) is 31.8 Å². The number of hydrogen-bond acceptors (Lipinski definition) is 10. The number of ether oxygens (including phenoxy) is 3. The van der Waals surface area contributed by atoms with Crippen molar-refractivity contribution in [3.8, 4) is 5.75 Å². The molecule has 0 unspecified atom stereocenters. The predicted octanol–water partition coefficient (Wildman–Crippen LogP) is 0.231. The maximum Gasteiger partial charge on any atom is 0.224 e. The molecule has 0 radical (unpaired) electrons. The number of aliphatic hydroxyl groups excluding tert-OH is 4. The number of hydrogen-bond donors (Lipinski definition) is 7. The smallest absolute Gasteiger partial charge is 0.224 e. The first-order valence-corrected chi connectivity index (χ1v) is 13.5. The van der Waals surface area contributed by atoms with E-state index in [2.05, 4.69) is 15.5 Å². The third-order valence-electron chi connectivity index (χ3n) is 7.27. The average molecular weight is 565 g/mol. The Morgan fingerprint density at radius 1 is 1.15 bits per heavy atom. The van der Waals surface area contributed by atoms with E-state index in [1.54, 1.807) is 20.0 Å². The summed E-state index contributed by atoms with van der Waals surface area (Å²) in [5.41, 5.74) is 7.42. The summed E-state index contributed by atoms with van der Waals surface area (Å²) in [5, 5.41) is 50.4. The Balaban J connectivity index is 1.57. The van der Waals surface area contributed by atoms with Gasteiger partial charge in [0.15, 0.2) is 6.29 Å². The Bertz CT molecular complexity index is 1120. The number of carbonyl (C=O) groups is 1. The number of rotatable bonds is 14. The lowest BCUT2D eigenvalue weighted by Gasteiger charge is -2.42. The average Bonchev–Trinajstić information content (AvgIpc) is 3.37. The quantitative estimate of drug-likeness (QED) is 0.156. The SMILES string of the molecule is Cc1cc(OCCCNCC(C)(C)C(N)=O)ccc1Cc1cn[nH]c1C(C)(C)O[C@@H]1O[C@H](CO)[C@@H](O)[C@H](O)[C@H]1O. The summed E-state index contributed by atoms with van der Waals surface area (Å²) >= 11 is 0. The van der Waals surface area contributed by atoms with Gasteiger partial charge in [-0.2, -0.15) is 5.10 Å². The summed E-state index contributed by atoms with van der Waals surface area (Å²) in [5.74, 6) is 0.427. The summed E-state index contributed by atoms with van der Waals surface area (Å²) in [6.07, 6.45) is -3.78. The molecule has 1 aromatic heterocycles. The first kappa shape index (κ1) is 31.9. The fourth-order valence-electron chi connectivity index (χ4n) is 4.52. The van der Waals surface area contributed by atoms with Gasteiger partial charge in [-0.1, -0.05) is 6.07 Å². The number of aromatic nitrogens is 2. The molecule has 1 fully saturated rings. The minimum atomic E-state index is -1.53. The van der Waals surface area contributed by atoms with Gasteiger partial charge in [0, 0.05) is 18.5 Å². The maximum absolute atomic E-state index is 11.4. The van der Waals surface area contributed by atoms with Crippen LogP contribution in [0, 0.1) is 12.3 Å². The van der Waals surface area contributed by atoms with Crippen LogP contribution in [0.15, 0.2) is 24.4 Å². The van der Waals surface area contributed by atoms with Crippen molar-refractivity contribution >= 4 is 5.91 Å². The van der Waals surface area contributed by atoms with E-state index in [-0.39, 0.29) is 5.91 Å². The monoisotopic (exact) mass is 564 g/mol. The van der Waals surface area contributed by atoms with E-state index in [4.69, 9.17) is 19.9 Å². The zero-order valence-electron chi connectivity index (χ0n) is 23.9. The van der Waals surface area contributed by atoms with Gasteiger partial charge in [-0.25, -0.2) is 0 Å². The second-order valence-corrected chi connectivity index (χ2v) is 11.5. The number of nitrogens with two attached hydrogens (primary N) is 1. The lowest BCUT2D eigenvalue weighted by molar-refractivity contribution is -0.325. The molecule has 40 heavy (non-hydrogen) atoms. The highest BCUT2D eigenvalue weighted by Gasteiger charge is 2.46. The molecule has 0 spiro atoms. The highest BCUT2D eigenvalue weighted by molar-refractivity contribution is 5.80. The molecule has 1 amide bonds. The Kier molecular flexibility index (Phi) is 10.7. The van der Waals surface area contributed by atoms with Crippen molar-refractivity contribution < 1.29 is 39.4 Å². The molecule has 1 aromatic carbocycles. The van der Waals surface area contributed by atoms with Gasteiger partial charge in [-0.05, 0) is 70.8 Å². The van der Waals surface area contributed by atoms with Gasteiger partial charge < -0.3 is 45.7 Å². The Morgan fingerprint density at radius 2 is 1.88 bits per heavy atom. The molecule has 1 aliphatic rings. The van der Waals surface area contributed by atoms with Crippen LogP contribution in [0.5, 0.6) is 5.75 Å². The van der Waals surface area contributed by atoms with E-state index < -0.39 is 48.3 Å². The van der Waals surface area contributed by atoms with Crippen molar-refractivity contribution in [3.05, 3.63) is 46.8 Å². The molecule has 2 heterocycles. The maximum atomic E-state index is 11.4. The van der Waals surface area contributed by atoms with E-state index in [1.807, 2.05) is 39.0 Å². The fourth-order valence-corrected chi connectivity index (χ4v) is 4.52. The van der Waals surface area contributed by atoms with Crippen LogP contribution >= 0.6 is 0 Å². The Morgan fingerprint density at radius 3 is 2.52 bits per heavy atom. The number of primary amides is 1. The molecule has 0 aliphatic carbocycles. The normalized spacial score (nSPS) is 23.8. The van der Waals surface area contributed by atoms with Crippen molar-refractivity contribution in [2.24, 2.45) is 11.1 Å². The lowest BCUT2D eigenvalue weighted by Crippen LogP contribution is -2.60. The largest absolute Gasteiger partial charge is 0.494 e. The van der Waals surface area contributed by atoms with Crippen molar-refractivity contribution in [1.82, 2.24) is 15.5 Å². The first-order chi connectivity index (χ1) is 18.8. The van der Waals surface area contributed by atoms with Crippen molar-refractivity contribution in [3.63, 3.8) is 0 Å². The zero-order chi connectivity index (χ0) is 29.7. The standard InChI is InChI=1S/C28H44N4O8/c1-16-11-19(38-10-6-9-30-15-27(2,3)26(29)37)8-7-17(16)12-18-13-31-32-24(18)28(4,5)40-25-23(36)22(35)21(34)20(14-33)39-25/h7-8,11,13,20-23,25,30,33-36H,6,9-10,12,14-15H2,1-5H3,(H2,29,37)(H,31,32)/t20-,21-,22+,23-,25+/m1/s1. The molecule has 1 saturated heterocycles. The van der Waals surface area contributed by atoms with Gasteiger partial charge >= 0.3 is 0 Å². The second-order valence-electron chi connectivity index (χ2n) is 11.5. The summed E-state index contributed by atoms with van der Waals surface area (Å²) < 4.78 is 17.5. The minimum absolute atomic E-state index is 0.334. The van der Waals surface area contributed by atoms with Crippen LogP contribution < -0.4 is 15.8 Å². The van der Waals surface area contributed by atoms with Crippen LogP contribution in [0.1, 0.15) is 56.5 Å².